The third-order valence-electron chi connectivity index (χ3n) is 2.88. The number of rotatable bonds is 0. The summed E-state index contributed by atoms with van der Waals surface area (Å²) in [5.41, 5.74) is 2.76. The summed E-state index contributed by atoms with van der Waals surface area (Å²) in [6.07, 6.45) is 5.41. The zero-order valence-corrected chi connectivity index (χ0v) is 10.0. The third-order valence-corrected chi connectivity index (χ3v) is 3.98. The lowest BCUT2D eigenvalue weighted by Gasteiger charge is -2.01. The maximum atomic E-state index is 11.9. The highest BCUT2D eigenvalue weighted by Crippen LogP contribution is 2.29. The maximum absolute atomic E-state index is 11.9. The van der Waals surface area contributed by atoms with Crippen LogP contribution in [0.3, 0.4) is 0 Å². The number of pyridine rings is 1. The molecule has 17 heavy (non-hydrogen) atoms. The number of hydrogen-bond donors (Lipinski definition) is 1. The van der Waals surface area contributed by atoms with E-state index < -0.39 is 0 Å². The summed E-state index contributed by atoms with van der Waals surface area (Å²) in [6, 6.07) is 5.65. The van der Waals surface area contributed by atoms with Crippen molar-refractivity contribution in [2.45, 2.75) is 6.92 Å². The van der Waals surface area contributed by atoms with Crippen molar-refractivity contribution in [3.8, 4) is 12.3 Å². The molecule has 82 valence electrons. The summed E-state index contributed by atoms with van der Waals surface area (Å²) < 4.78 is 0.768. The molecule has 0 unspecified atom stereocenters. The zero-order valence-electron chi connectivity index (χ0n) is 9.20. The van der Waals surface area contributed by atoms with Gasteiger partial charge in [-0.1, -0.05) is 5.92 Å². The van der Waals surface area contributed by atoms with Crippen molar-refractivity contribution in [1.82, 2.24) is 4.98 Å². The fourth-order valence-electron chi connectivity index (χ4n) is 2.07. The molecular formula is C14H9NOS. The third kappa shape index (κ3) is 1.38. The van der Waals surface area contributed by atoms with Crippen LogP contribution in [0.4, 0.5) is 0 Å². The second kappa shape index (κ2) is 3.47. The van der Waals surface area contributed by atoms with Crippen molar-refractivity contribution in [3.05, 3.63) is 45.1 Å². The SMILES string of the molecule is C#Cc1ccc2[nH]c(=O)c3scc(C)c3c2c1. The molecule has 0 saturated heterocycles. The number of aromatic nitrogens is 1. The predicted octanol–water partition coefficient (Wildman–Crippen LogP) is 3.03. The Morgan fingerprint density at radius 3 is 3.00 bits per heavy atom. The molecule has 3 aromatic rings. The largest absolute Gasteiger partial charge is 0.321 e. The predicted molar refractivity (Wildman–Crippen MR) is 72.6 cm³/mol. The lowest BCUT2D eigenvalue weighted by molar-refractivity contribution is 1.35. The van der Waals surface area contributed by atoms with Crippen LogP contribution >= 0.6 is 11.3 Å². The van der Waals surface area contributed by atoms with E-state index in [4.69, 9.17) is 6.42 Å². The first-order chi connectivity index (χ1) is 8.20. The van der Waals surface area contributed by atoms with Crippen LogP contribution < -0.4 is 5.56 Å². The van der Waals surface area contributed by atoms with E-state index in [1.165, 1.54) is 11.3 Å². The van der Waals surface area contributed by atoms with Gasteiger partial charge in [-0.05, 0) is 36.1 Å². The van der Waals surface area contributed by atoms with Crippen molar-refractivity contribution >= 4 is 32.3 Å². The first-order valence-corrected chi connectivity index (χ1v) is 6.09. The smallest absolute Gasteiger partial charge is 0.266 e. The summed E-state index contributed by atoms with van der Waals surface area (Å²) in [4.78, 5) is 14.8. The second-order valence-corrected chi connectivity index (χ2v) is 4.86. The lowest BCUT2D eigenvalue weighted by Crippen LogP contribution is -2.04. The molecule has 0 aliphatic heterocycles. The molecule has 1 aromatic carbocycles. The van der Waals surface area contributed by atoms with Gasteiger partial charge < -0.3 is 4.98 Å². The molecule has 0 spiro atoms. The Morgan fingerprint density at radius 1 is 1.41 bits per heavy atom. The molecule has 2 heterocycles. The molecular weight excluding hydrogens is 230 g/mol. The lowest BCUT2D eigenvalue weighted by atomic mass is 10.1. The molecule has 0 aliphatic carbocycles. The van der Waals surface area contributed by atoms with Gasteiger partial charge in [0.25, 0.3) is 5.56 Å². The van der Waals surface area contributed by atoms with Crippen LogP contribution in [0.25, 0.3) is 21.0 Å². The number of aromatic amines is 1. The average molecular weight is 239 g/mol. The molecule has 0 fully saturated rings. The first kappa shape index (κ1) is 10.1. The molecule has 2 aromatic heterocycles. The number of hydrogen-bond acceptors (Lipinski definition) is 2. The van der Waals surface area contributed by atoms with Gasteiger partial charge in [-0.15, -0.1) is 17.8 Å². The number of nitrogens with one attached hydrogen (secondary N) is 1. The molecule has 0 amide bonds. The van der Waals surface area contributed by atoms with Crippen LogP contribution in [0.5, 0.6) is 0 Å². The van der Waals surface area contributed by atoms with E-state index in [0.29, 0.717) is 0 Å². The summed E-state index contributed by atoms with van der Waals surface area (Å²) in [5, 5.41) is 4.04. The Labute approximate surface area is 102 Å². The van der Waals surface area contributed by atoms with Crippen LogP contribution in [0, 0.1) is 19.3 Å². The van der Waals surface area contributed by atoms with Crippen LogP contribution in [0.2, 0.25) is 0 Å². The molecule has 0 saturated carbocycles. The number of aryl methyl sites for hydroxylation is 1. The van der Waals surface area contributed by atoms with Crippen molar-refractivity contribution in [1.29, 1.82) is 0 Å². The highest BCUT2D eigenvalue weighted by Gasteiger charge is 2.09. The van der Waals surface area contributed by atoms with E-state index >= 15 is 0 Å². The Morgan fingerprint density at radius 2 is 2.24 bits per heavy atom. The van der Waals surface area contributed by atoms with E-state index in [9.17, 15) is 4.79 Å². The van der Waals surface area contributed by atoms with Crippen molar-refractivity contribution < 1.29 is 0 Å². The summed E-state index contributed by atoms with van der Waals surface area (Å²) >= 11 is 1.47. The highest BCUT2D eigenvalue weighted by molar-refractivity contribution is 7.17. The highest BCUT2D eigenvalue weighted by atomic mass is 32.1. The van der Waals surface area contributed by atoms with Crippen LogP contribution in [-0.2, 0) is 0 Å². The topological polar surface area (TPSA) is 32.9 Å². The van der Waals surface area contributed by atoms with E-state index in [1.807, 2.05) is 30.5 Å². The second-order valence-electron chi connectivity index (χ2n) is 3.98. The number of thiophene rings is 1. The fraction of sp³-hybridized carbons (Fsp3) is 0.0714. The minimum Gasteiger partial charge on any atom is -0.321 e. The van der Waals surface area contributed by atoms with E-state index in [0.717, 1.165) is 32.1 Å². The molecule has 3 rings (SSSR count). The summed E-state index contributed by atoms with van der Waals surface area (Å²) in [5.74, 6) is 2.62. The van der Waals surface area contributed by atoms with Crippen molar-refractivity contribution in [2.75, 3.05) is 0 Å². The van der Waals surface area contributed by atoms with E-state index in [2.05, 4.69) is 10.9 Å². The van der Waals surface area contributed by atoms with Gasteiger partial charge in [-0.3, -0.25) is 4.79 Å². The minimum atomic E-state index is -0.0287. The van der Waals surface area contributed by atoms with Gasteiger partial charge >= 0.3 is 0 Å². The first-order valence-electron chi connectivity index (χ1n) is 5.21. The molecule has 2 nitrogen and oxygen atoms in total. The van der Waals surface area contributed by atoms with Gasteiger partial charge in [0, 0.05) is 21.9 Å². The quantitative estimate of drug-likeness (QED) is 0.601. The van der Waals surface area contributed by atoms with E-state index in [-0.39, 0.29) is 5.56 Å². The Hall–Kier alpha value is -2.05. The van der Waals surface area contributed by atoms with Gasteiger partial charge in [0.15, 0.2) is 0 Å². The fourth-order valence-corrected chi connectivity index (χ4v) is 3.03. The number of fused-ring (bicyclic) bond motifs is 3. The molecule has 0 bridgehead atoms. The molecule has 0 aliphatic rings. The van der Waals surface area contributed by atoms with Crippen LogP contribution in [0.1, 0.15) is 11.1 Å². The maximum Gasteiger partial charge on any atom is 0.266 e. The van der Waals surface area contributed by atoms with Gasteiger partial charge in [-0.25, -0.2) is 0 Å². The molecule has 0 atom stereocenters. The molecule has 1 N–H and O–H groups in total. The van der Waals surface area contributed by atoms with Gasteiger partial charge in [0.2, 0.25) is 0 Å². The minimum absolute atomic E-state index is 0.0287. The monoisotopic (exact) mass is 239 g/mol. The summed E-state index contributed by atoms with van der Waals surface area (Å²) in [6.45, 7) is 2.01. The van der Waals surface area contributed by atoms with Crippen molar-refractivity contribution in [2.24, 2.45) is 0 Å². The standard InChI is InChI=1S/C14H9NOS/c1-3-9-4-5-11-10(6-9)12-8(2)7-17-13(12)14(16)15-11/h1,4-7H,2H3,(H,15,16). The van der Waals surface area contributed by atoms with Gasteiger partial charge in [0.1, 0.15) is 4.70 Å². The number of benzene rings is 1. The number of H-pyrrole nitrogens is 1. The van der Waals surface area contributed by atoms with E-state index in [1.54, 1.807) is 0 Å². The van der Waals surface area contributed by atoms with Crippen LogP contribution in [0.15, 0.2) is 28.4 Å². The number of terminal acetylenes is 1. The van der Waals surface area contributed by atoms with Crippen molar-refractivity contribution in [3.63, 3.8) is 0 Å². The van der Waals surface area contributed by atoms with Crippen LogP contribution in [-0.4, -0.2) is 4.98 Å². The van der Waals surface area contributed by atoms with Gasteiger partial charge in [0.05, 0.1) is 0 Å². The Bertz CT molecular complexity index is 833. The summed E-state index contributed by atoms with van der Waals surface area (Å²) in [7, 11) is 0. The zero-order chi connectivity index (χ0) is 12.0. The average Bonchev–Trinajstić information content (AvgIpc) is 2.72. The molecule has 0 radical (unpaired) electrons. The van der Waals surface area contributed by atoms with Gasteiger partial charge in [-0.2, -0.15) is 0 Å². The Kier molecular flexibility index (Phi) is 2.07. The Balaban J connectivity index is 2.65. The normalized spacial score (nSPS) is 10.8. The molecule has 3 heteroatoms.